The zero-order chi connectivity index (χ0) is 25.3. The van der Waals surface area contributed by atoms with Crippen molar-refractivity contribution < 1.29 is 21.6 Å². The van der Waals surface area contributed by atoms with Crippen molar-refractivity contribution in [1.29, 1.82) is 0 Å². The molecule has 0 saturated heterocycles. The predicted octanol–water partition coefficient (Wildman–Crippen LogP) is 4.54. The van der Waals surface area contributed by atoms with E-state index in [1.807, 2.05) is 0 Å². The number of aryl methyl sites for hydroxylation is 2. The summed E-state index contributed by atoms with van der Waals surface area (Å²) >= 11 is 0. The highest BCUT2D eigenvalue weighted by Crippen LogP contribution is 2.30. The first-order valence-corrected chi connectivity index (χ1v) is 12.9. The minimum Gasteiger partial charge on any atom is -0.269 e. The van der Waals surface area contributed by atoms with Crippen molar-refractivity contribution >= 4 is 20.9 Å². The molecule has 0 aliphatic rings. The van der Waals surface area contributed by atoms with Gasteiger partial charge in [-0.05, 0) is 61.7 Å². The van der Waals surface area contributed by atoms with Crippen LogP contribution in [0.5, 0.6) is 0 Å². The molecule has 0 fully saturated rings. The molecule has 10 heteroatoms. The first kappa shape index (κ1) is 24.6. The standard InChI is InChI=1S/C25H22F3N3O3S/c1-15-14-16(26)9-10-17(15)23-18-11-12-22(32)31(24-19(27)6-5-7-20(24)28)25(18)30-21(29-23)8-3-4-13-35(2,33)34/h5-7,9-12,14H,3-4,8,13H2,1-2H3. The molecule has 0 spiro atoms. The molecule has 4 aromatic rings. The van der Waals surface area contributed by atoms with E-state index >= 15 is 0 Å². The second-order valence-corrected chi connectivity index (χ2v) is 10.6. The highest BCUT2D eigenvalue weighted by atomic mass is 32.2. The third kappa shape index (κ3) is 5.27. The summed E-state index contributed by atoms with van der Waals surface area (Å²) in [5, 5.41) is 0.349. The number of unbranched alkanes of at least 4 members (excludes halogenated alkanes) is 1. The predicted molar refractivity (Wildman–Crippen MR) is 128 cm³/mol. The smallest absolute Gasteiger partial charge is 0.256 e. The van der Waals surface area contributed by atoms with E-state index in [1.54, 1.807) is 13.0 Å². The number of rotatable bonds is 7. The Hall–Kier alpha value is -3.53. The van der Waals surface area contributed by atoms with E-state index in [4.69, 9.17) is 0 Å². The Balaban J connectivity index is 1.96. The number of pyridine rings is 1. The van der Waals surface area contributed by atoms with Crippen LogP contribution in [0.3, 0.4) is 0 Å². The van der Waals surface area contributed by atoms with Gasteiger partial charge in [-0.2, -0.15) is 0 Å². The fourth-order valence-corrected chi connectivity index (χ4v) is 4.66. The largest absolute Gasteiger partial charge is 0.269 e. The van der Waals surface area contributed by atoms with E-state index in [0.29, 0.717) is 35.0 Å². The van der Waals surface area contributed by atoms with Gasteiger partial charge in [-0.1, -0.05) is 6.07 Å². The van der Waals surface area contributed by atoms with E-state index in [9.17, 15) is 26.4 Å². The molecule has 2 aromatic heterocycles. The van der Waals surface area contributed by atoms with E-state index in [-0.39, 0.29) is 23.6 Å². The molecule has 0 atom stereocenters. The molecule has 0 amide bonds. The van der Waals surface area contributed by atoms with Crippen LogP contribution < -0.4 is 5.56 Å². The molecule has 182 valence electrons. The van der Waals surface area contributed by atoms with Crippen molar-refractivity contribution in [3.63, 3.8) is 0 Å². The molecule has 0 radical (unpaired) electrons. The summed E-state index contributed by atoms with van der Waals surface area (Å²) in [6.07, 6.45) is 2.22. The maximum Gasteiger partial charge on any atom is 0.256 e. The Kier molecular flexibility index (Phi) is 6.75. The van der Waals surface area contributed by atoms with Gasteiger partial charge in [-0.15, -0.1) is 0 Å². The van der Waals surface area contributed by atoms with Crippen LogP contribution in [-0.2, 0) is 16.3 Å². The van der Waals surface area contributed by atoms with Gasteiger partial charge in [0.25, 0.3) is 5.56 Å². The van der Waals surface area contributed by atoms with Gasteiger partial charge < -0.3 is 0 Å². The molecule has 0 saturated carbocycles. The van der Waals surface area contributed by atoms with Crippen molar-refractivity contribution in [2.45, 2.75) is 26.2 Å². The summed E-state index contributed by atoms with van der Waals surface area (Å²) in [6, 6.07) is 10.1. The molecule has 0 bridgehead atoms. The molecule has 2 aromatic carbocycles. The SMILES string of the molecule is Cc1cc(F)ccc1-c1nc(CCCCS(C)(=O)=O)nc2c1ccc(=O)n2-c1c(F)cccc1F. The Morgan fingerprint density at radius 3 is 2.31 bits per heavy atom. The Morgan fingerprint density at radius 2 is 1.66 bits per heavy atom. The number of nitrogens with zero attached hydrogens (tertiary/aromatic N) is 3. The van der Waals surface area contributed by atoms with Crippen LogP contribution in [0, 0.1) is 24.4 Å². The molecule has 0 aliphatic carbocycles. The van der Waals surface area contributed by atoms with E-state index in [1.165, 1.54) is 30.3 Å². The molecule has 0 unspecified atom stereocenters. The highest BCUT2D eigenvalue weighted by molar-refractivity contribution is 7.90. The van der Waals surface area contributed by atoms with Crippen LogP contribution in [-0.4, -0.2) is 35.0 Å². The lowest BCUT2D eigenvalue weighted by atomic mass is 10.0. The van der Waals surface area contributed by atoms with Crippen LogP contribution in [0.25, 0.3) is 28.0 Å². The minimum absolute atomic E-state index is 0.00431. The summed E-state index contributed by atoms with van der Waals surface area (Å²) < 4.78 is 66.9. The molecule has 2 heterocycles. The molecule has 0 N–H and O–H groups in total. The number of para-hydroxylation sites is 1. The lowest BCUT2D eigenvalue weighted by molar-refractivity contribution is 0.568. The molecule has 6 nitrogen and oxygen atoms in total. The number of halogens is 3. The maximum atomic E-state index is 14.7. The summed E-state index contributed by atoms with van der Waals surface area (Å²) in [5.74, 6) is -2.05. The zero-order valence-electron chi connectivity index (χ0n) is 19.1. The van der Waals surface area contributed by atoms with Crippen molar-refractivity contribution in [3.8, 4) is 16.9 Å². The molecule has 35 heavy (non-hydrogen) atoms. The first-order valence-electron chi connectivity index (χ1n) is 10.9. The normalized spacial score (nSPS) is 11.8. The number of hydrogen-bond donors (Lipinski definition) is 0. The van der Waals surface area contributed by atoms with Crippen LogP contribution in [0.1, 0.15) is 24.2 Å². The van der Waals surface area contributed by atoms with E-state index in [2.05, 4.69) is 9.97 Å². The molecule has 0 aliphatic heterocycles. The summed E-state index contributed by atoms with van der Waals surface area (Å²) in [4.78, 5) is 21.9. The van der Waals surface area contributed by atoms with Gasteiger partial charge in [-0.25, -0.2) is 31.6 Å². The average molecular weight is 502 g/mol. The number of hydrogen-bond acceptors (Lipinski definition) is 5. The Morgan fingerprint density at radius 1 is 0.943 bits per heavy atom. The molecular formula is C25H22F3N3O3S. The minimum atomic E-state index is -3.14. The summed E-state index contributed by atoms with van der Waals surface area (Å²) in [5.41, 5.74) is 0.249. The highest BCUT2D eigenvalue weighted by Gasteiger charge is 2.20. The van der Waals surface area contributed by atoms with Gasteiger partial charge in [0.05, 0.1) is 5.69 Å². The summed E-state index contributed by atoms with van der Waals surface area (Å²) in [6.45, 7) is 1.70. The van der Waals surface area contributed by atoms with Crippen molar-refractivity contribution in [2.24, 2.45) is 0 Å². The molecular weight excluding hydrogens is 479 g/mol. The van der Waals surface area contributed by atoms with Crippen LogP contribution in [0.2, 0.25) is 0 Å². The van der Waals surface area contributed by atoms with Gasteiger partial charge in [0.1, 0.15) is 38.8 Å². The van der Waals surface area contributed by atoms with Gasteiger partial charge in [0.2, 0.25) is 0 Å². The lowest BCUT2D eigenvalue weighted by Gasteiger charge is -2.15. The second kappa shape index (κ2) is 9.61. The fraction of sp³-hybridized carbons (Fsp3) is 0.240. The van der Waals surface area contributed by atoms with Crippen molar-refractivity contribution in [3.05, 3.63) is 87.7 Å². The van der Waals surface area contributed by atoms with Gasteiger partial charge in [0, 0.05) is 35.4 Å². The van der Waals surface area contributed by atoms with E-state index in [0.717, 1.165) is 23.0 Å². The lowest BCUT2D eigenvalue weighted by Crippen LogP contribution is -2.21. The number of aromatic nitrogens is 3. The maximum absolute atomic E-state index is 14.7. The number of benzene rings is 2. The Labute approximate surface area is 200 Å². The van der Waals surface area contributed by atoms with Gasteiger partial charge in [-0.3, -0.25) is 9.36 Å². The summed E-state index contributed by atoms with van der Waals surface area (Å²) in [7, 11) is -3.14. The monoisotopic (exact) mass is 501 g/mol. The number of sulfone groups is 1. The third-order valence-electron chi connectivity index (χ3n) is 5.57. The number of fused-ring (bicyclic) bond motifs is 1. The average Bonchev–Trinajstić information content (AvgIpc) is 2.77. The fourth-order valence-electron chi connectivity index (χ4n) is 3.94. The quantitative estimate of drug-likeness (QED) is 0.347. The zero-order valence-corrected chi connectivity index (χ0v) is 19.9. The van der Waals surface area contributed by atoms with Gasteiger partial charge in [0.15, 0.2) is 5.65 Å². The van der Waals surface area contributed by atoms with Crippen LogP contribution in [0.4, 0.5) is 13.2 Å². The van der Waals surface area contributed by atoms with Crippen molar-refractivity contribution in [1.82, 2.24) is 14.5 Å². The van der Waals surface area contributed by atoms with Gasteiger partial charge >= 0.3 is 0 Å². The second-order valence-electron chi connectivity index (χ2n) is 8.35. The first-order chi connectivity index (χ1) is 16.5. The van der Waals surface area contributed by atoms with Crippen LogP contribution in [0.15, 0.2) is 53.3 Å². The molecule has 4 rings (SSSR count). The topological polar surface area (TPSA) is 81.9 Å². The third-order valence-corrected chi connectivity index (χ3v) is 6.60. The Bertz CT molecular complexity index is 1580. The van der Waals surface area contributed by atoms with Crippen molar-refractivity contribution in [2.75, 3.05) is 12.0 Å². The van der Waals surface area contributed by atoms with E-state index < -0.39 is 38.5 Å². The van der Waals surface area contributed by atoms with Crippen LogP contribution >= 0.6 is 0 Å².